The quantitative estimate of drug-likeness (QED) is 0.785. The highest BCUT2D eigenvalue weighted by Gasteiger charge is 2.34. The van der Waals surface area contributed by atoms with E-state index in [1.807, 2.05) is 43.3 Å². The summed E-state index contributed by atoms with van der Waals surface area (Å²) in [5.74, 6) is 0.0984. The standard InChI is InChI=1S/C21H22N4O4/c1-2-29-15-9-7-14(8-10-15)25-12-11-24(21(25)28)13-18(26)23-19-16-5-3-4-6-17(16)22-20(19)27/h3-10,19H,2,11-13H2,1H3,(H,22,27)(H,23,26). The molecule has 0 spiro atoms. The summed E-state index contributed by atoms with van der Waals surface area (Å²) in [7, 11) is 0. The van der Waals surface area contributed by atoms with E-state index >= 15 is 0 Å². The molecule has 1 fully saturated rings. The summed E-state index contributed by atoms with van der Waals surface area (Å²) in [5, 5.41) is 5.47. The van der Waals surface area contributed by atoms with E-state index in [4.69, 9.17) is 4.74 Å². The Labute approximate surface area is 168 Å². The number of fused-ring (bicyclic) bond motifs is 1. The molecule has 150 valence electrons. The van der Waals surface area contributed by atoms with Gasteiger partial charge in [0.2, 0.25) is 5.91 Å². The number of amides is 4. The van der Waals surface area contributed by atoms with Crippen LogP contribution in [0.4, 0.5) is 16.2 Å². The van der Waals surface area contributed by atoms with Crippen molar-refractivity contribution in [2.45, 2.75) is 13.0 Å². The highest BCUT2D eigenvalue weighted by atomic mass is 16.5. The molecule has 29 heavy (non-hydrogen) atoms. The van der Waals surface area contributed by atoms with E-state index in [2.05, 4.69) is 10.6 Å². The number of nitrogens with zero attached hydrogens (tertiary/aromatic N) is 2. The van der Waals surface area contributed by atoms with Crippen LogP contribution in [0.5, 0.6) is 5.75 Å². The van der Waals surface area contributed by atoms with Gasteiger partial charge in [0.15, 0.2) is 0 Å². The zero-order valence-corrected chi connectivity index (χ0v) is 16.1. The molecule has 4 amide bonds. The first kappa shape index (κ1) is 18.8. The summed E-state index contributed by atoms with van der Waals surface area (Å²) in [6.07, 6.45) is 0. The number of urea groups is 1. The van der Waals surface area contributed by atoms with Crippen LogP contribution in [0.25, 0.3) is 0 Å². The van der Waals surface area contributed by atoms with Crippen molar-refractivity contribution in [1.82, 2.24) is 10.2 Å². The predicted octanol–water partition coefficient (Wildman–Crippen LogP) is 2.14. The molecule has 0 saturated carbocycles. The number of hydrogen-bond acceptors (Lipinski definition) is 4. The Hall–Kier alpha value is -3.55. The first-order valence-corrected chi connectivity index (χ1v) is 9.55. The van der Waals surface area contributed by atoms with Gasteiger partial charge in [-0.05, 0) is 37.3 Å². The molecule has 8 heteroatoms. The SMILES string of the molecule is CCOc1ccc(N2CCN(CC(=O)NC3C(=O)Nc4ccccc43)C2=O)cc1. The van der Waals surface area contributed by atoms with Gasteiger partial charge in [-0.25, -0.2) is 4.79 Å². The lowest BCUT2D eigenvalue weighted by Crippen LogP contribution is -2.42. The molecule has 1 saturated heterocycles. The Morgan fingerprint density at radius 1 is 1.14 bits per heavy atom. The molecule has 2 aliphatic heterocycles. The Morgan fingerprint density at radius 3 is 2.66 bits per heavy atom. The largest absolute Gasteiger partial charge is 0.494 e. The Balaban J connectivity index is 1.37. The van der Waals surface area contributed by atoms with E-state index < -0.39 is 6.04 Å². The number of para-hydroxylation sites is 1. The molecular weight excluding hydrogens is 372 g/mol. The molecule has 2 heterocycles. The number of ether oxygens (including phenoxy) is 1. The molecule has 2 N–H and O–H groups in total. The maximum Gasteiger partial charge on any atom is 0.325 e. The second-order valence-electron chi connectivity index (χ2n) is 6.86. The number of carbonyl (C=O) groups excluding carboxylic acids is 3. The minimum atomic E-state index is -0.737. The first-order chi connectivity index (χ1) is 14.1. The minimum absolute atomic E-state index is 0.0989. The highest BCUT2D eigenvalue weighted by molar-refractivity contribution is 6.04. The van der Waals surface area contributed by atoms with Crippen LogP contribution in [-0.2, 0) is 9.59 Å². The van der Waals surface area contributed by atoms with E-state index in [0.717, 1.165) is 17.0 Å². The third-order valence-corrected chi connectivity index (χ3v) is 4.99. The van der Waals surface area contributed by atoms with E-state index in [1.54, 1.807) is 17.0 Å². The maximum atomic E-state index is 12.7. The molecule has 2 aromatic rings. The van der Waals surface area contributed by atoms with Gasteiger partial charge in [0, 0.05) is 30.0 Å². The van der Waals surface area contributed by atoms with Gasteiger partial charge in [-0.15, -0.1) is 0 Å². The lowest BCUT2D eigenvalue weighted by molar-refractivity contribution is -0.126. The molecule has 1 atom stereocenters. The topological polar surface area (TPSA) is 91.0 Å². The summed E-state index contributed by atoms with van der Waals surface area (Å²) in [5.41, 5.74) is 2.18. The highest BCUT2D eigenvalue weighted by Crippen LogP contribution is 2.30. The normalized spacial score (nSPS) is 17.9. The number of anilines is 2. The minimum Gasteiger partial charge on any atom is -0.494 e. The van der Waals surface area contributed by atoms with Gasteiger partial charge in [-0.2, -0.15) is 0 Å². The summed E-state index contributed by atoms with van der Waals surface area (Å²) >= 11 is 0. The van der Waals surface area contributed by atoms with Crippen molar-refractivity contribution in [3.05, 3.63) is 54.1 Å². The van der Waals surface area contributed by atoms with Gasteiger partial charge < -0.3 is 20.3 Å². The van der Waals surface area contributed by atoms with Gasteiger partial charge >= 0.3 is 6.03 Å². The maximum absolute atomic E-state index is 12.7. The molecule has 2 aliphatic rings. The fourth-order valence-electron chi connectivity index (χ4n) is 3.59. The van der Waals surface area contributed by atoms with Crippen molar-refractivity contribution in [2.75, 3.05) is 36.5 Å². The van der Waals surface area contributed by atoms with Crippen molar-refractivity contribution >= 4 is 29.2 Å². The molecule has 0 radical (unpaired) electrons. The van der Waals surface area contributed by atoms with Crippen LogP contribution in [0.2, 0.25) is 0 Å². The lowest BCUT2D eigenvalue weighted by Gasteiger charge is -2.19. The van der Waals surface area contributed by atoms with Crippen molar-refractivity contribution in [1.29, 1.82) is 0 Å². The number of rotatable bonds is 6. The van der Waals surface area contributed by atoms with Crippen LogP contribution in [-0.4, -0.2) is 49.0 Å². The van der Waals surface area contributed by atoms with E-state index in [-0.39, 0.29) is 24.4 Å². The molecule has 0 bridgehead atoms. The van der Waals surface area contributed by atoms with Gasteiger partial charge in [0.25, 0.3) is 5.91 Å². The summed E-state index contributed by atoms with van der Waals surface area (Å²) in [4.78, 5) is 40.5. The van der Waals surface area contributed by atoms with E-state index in [9.17, 15) is 14.4 Å². The van der Waals surface area contributed by atoms with Crippen molar-refractivity contribution in [3.63, 3.8) is 0 Å². The summed E-state index contributed by atoms with van der Waals surface area (Å²) in [6.45, 7) is 3.32. The Morgan fingerprint density at radius 2 is 1.90 bits per heavy atom. The summed E-state index contributed by atoms with van der Waals surface area (Å²) < 4.78 is 5.42. The number of benzene rings is 2. The molecule has 8 nitrogen and oxygen atoms in total. The second-order valence-corrected chi connectivity index (χ2v) is 6.86. The molecular formula is C21H22N4O4. The van der Waals surface area contributed by atoms with Gasteiger partial charge in [-0.1, -0.05) is 18.2 Å². The van der Waals surface area contributed by atoms with Crippen molar-refractivity contribution < 1.29 is 19.1 Å². The zero-order chi connectivity index (χ0) is 20.4. The number of hydrogen-bond donors (Lipinski definition) is 2. The van der Waals surface area contributed by atoms with Crippen LogP contribution in [0.1, 0.15) is 18.5 Å². The van der Waals surface area contributed by atoms with Gasteiger partial charge in [0.05, 0.1) is 6.61 Å². The van der Waals surface area contributed by atoms with E-state index in [0.29, 0.717) is 25.4 Å². The Kier molecular flexibility index (Phi) is 5.07. The average molecular weight is 394 g/mol. The molecule has 2 aromatic carbocycles. The van der Waals surface area contributed by atoms with Crippen LogP contribution in [0.3, 0.4) is 0 Å². The van der Waals surface area contributed by atoms with E-state index in [1.165, 1.54) is 4.90 Å². The van der Waals surface area contributed by atoms with Crippen LogP contribution in [0.15, 0.2) is 48.5 Å². The fraction of sp³-hybridized carbons (Fsp3) is 0.286. The van der Waals surface area contributed by atoms with Crippen LogP contribution >= 0.6 is 0 Å². The molecule has 0 aromatic heterocycles. The van der Waals surface area contributed by atoms with Gasteiger partial charge in [-0.3, -0.25) is 14.5 Å². The van der Waals surface area contributed by atoms with Crippen molar-refractivity contribution in [3.8, 4) is 5.75 Å². The summed E-state index contributed by atoms with van der Waals surface area (Å²) in [6, 6.07) is 13.5. The fourth-order valence-corrected chi connectivity index (χ4v) is 3.59. The van der Waals surface area contributed by atoms with Gasteiger partial charge in [0.1, 0.15) is 18.3 Å². The monoisotopic (exact) mass is 394 g/mol. The first-order valence-electron chi connectivity index (χ1n) is 9.55. The zero-order valence-electron chi connectivity index (χ0n) is 16.1. The average Bonchev–Trinajstić information content (AvgIpc) is 3.23. The lowest BCUT2D eigenvalue weighted by atomic mass is 10.1. The smallest absolute Gasteiger partial charge is 0.325 e. The third-order valence-electron chi connectivity index (χ3n) is 4.99. The van der Waals surface area contributed by atoms with Crippen LogP contribution < -0.4 is 20.3 Å². The predicted molar refractivity (Wildman–Crippen MR) is 108 cm³/mol. The van der Waals surface area contributed by atoms with Crippen LogP contribution in [0, 0.1) is 0 Å². The second kappa shape index (κ2) is 7.83. The molecule has 1 unspecified atom stereocenters. The van der Waals surface area contributed by atoms with Crippen molar-refractivity contribution in [2.24, 2.45) is 0 Å². The number of carbonyl (C=O) groups is 3. The Bertz CT molecular complexity index is 944. The third kappa shape index (κ3) is 3.73. The number of nitrogens with one attached hydrogen (secondary N) is 2. The molecule has 0 aliphatic carbocycles. The molecule has 4 rings (SSSR count).